The van der Waals surface area contributed by atoms with Gasteiger partial charge in [-0.1, -0.05) is 18.2 Å². The maximum absolute atomic E-state index is 12.8. The Kier molecular flexibility index (Phi) is 7.94. The Morgan fingerprint density at radius 2 is 1.77 bits per heavy atom. The molecule has 0 radical (unpaired) electrons. The molecule has 0 saturated carbocycles. The predicted molar refractivity (Wildman–Crippen MR) is 135 cm³/mol. The molecule has 1 saturated heterocycles. The van der Waals surface area contributed by atoms with Crippen molar-refractivity contribution in [1.29, 1.82) is 0 Å². The number of nitrogens with two attached hydrogens (primary N) is 1. The molecule has 7 heteroatoms. The standard InChI is InChI=1S/C24H30N4O2.HI/c1-16-14-28(15-17(2)30-16)23(29)20-8-6-18(7-9-20)13-26-24(25)27-22-11-10-19-4-3-5-21(19)12-22;/h6-12,16-17H,3-5,13-15H2,1-2H3,(H3,25,26,27);1H. The summed E-state index contributed by atoms with van der Waals surface area (Å²) < 4.78 is 5.71. The highest BCUT2D eigenvalue weighted by Crippen LogP contribution is 2.24. The number of anilines is 1. The number of rotatable bonds is 4. The Balaban J connectivity index is 0.00000272. The summed E-state index contributed by atoms with van der Waals surface area (Å²) in [6.45, 7) is 5.71. The van der Waals surface area contributed by atoms with Crippen molar-refractivity contribution in [2.45, 2.75) is 51.9 Å². The molecule has 2 aliphatic rings. The average Bonchev–Trinajstić information content (AvgIpc) is 3.19. The average molecular weight is 534 g/mol. The highest BCUT2D eigenvalue weighted by molar-refractivity contribution is 14.0. The molecule has 31 heavy (non-hydrogen) atoms. The maximum Gasteiger partial charge on any atom is 0.254 e. The second kappa shape index (κ2) is 10.5. The number of morpholine rings is 1. The third-order valence-electron chi connectivity index (χ3n) is 5.71. The minimum atomic E-state index is 0. The Morgan fingerprint density at radius 3 is 2.48 bits per heavy atom. The lowest BCUT2D eigenvalue weighted by Gasteiger charge is -2.35. The van der Waals surface area contributed by atoms with Gasteiger partial charge in [0.15, 0.2) is 5.96 Å². The fourth-order valence-corrected chi connectivity index (χ4v) is 4.29. The van der Waals surface area contributed by atoms with Gasteiger partial charge < -0.3 is 20.7 Å². The number of carbonyl (C=O) groups is 1. The third kappa shape index (κ3) is 5.98. The summed E-state index contributed by atoms with van der Waals surface area (Å²) in [4.78, 5) is 19.1. The van der Waals surface area contributed by atoms with Crippen LogP contribution in [0.25, 0.3) is 0 Å². The first-order valence-corrected chi connectivity index (χ1v) is 10.7. The number of halogens is 1. The molecule has 0 bridgehead atoms. The van der Waals surface area contributed by atoms with Crippen molar-refractivity contribution in [2.75, 3.05) is 18.4 Å². The molecular weight excluding hydrogens is 503 g/mol. The third-order valence-corrected chi connectivity index (χ3v) is 5.71. The first kappa shape index (κ1) is 23.5. The highest BCUT2D eigenvalue weighted by atomic mass is 127. The summed E-state index contributed by atoms with van der Waals surface area (Å²) in [5.41, 5.74) is 11.6. The van der Waals surface area contributed by atoms with E-state index in [1.807, 2.05) is 43.0 Å². The van der Waals surface area contributed by atoms with Gasteiger partial charge in [0.2, 0.25) is 0 Å². The van der Waals surface area contributed by atoms with Gasteiger partial charge in [-0.05, 0) is 74.1 Å². The number of benzene rings is 2. The van der Waals surface area contributed by atoms with Crippen LogP contribution in [-0.2, 0) is 24.1 Å². The van der Waals surface area contributed by atoms with Crippen LogP contribution in [0.3, 0.4) is 0 Å². The fraction of sp³-hybridized carbons (Fsp3) is 0.417. The normalized spacial score (nSPS) is 20.7. The van der Waals surface area contributed by atoms with E-state index in [1.165, 1.54) is 24.0 Å². The number of nitrogens with zero attached hydrogens (tertiary/aromatic N) is 2. The van der Waals surface area contributed by atoms with Crippen LogP contribution in [0.15, 0.2) is 47.5 Å². The Labute approximate surface area is 201 Å². The van der Waals surface area contributed by atoms with Gasteiger partial charge in [-0.2, -0.15) is 0 Å². The van der Waals surface area contributed by atoms with E-state index in [9.17, 15) is 4.79 Å². The van der Waals surface area contributed by atoms with E-state index < -0.39 is 0 Å². The molecule has 1 fully saturated rings. The summed E-state index contributed by atoms with van der Waals surface area (Å²) in [5, 5.41) is 3.18. The molecule has 1 aliphatic carbocycles. The van der Waals surface area contributed by atoms with E-state index in [0.717, 1.165) is 17.7 Å². The highest BCUT2D eigenvalue weighted by Gasteiger charge is 2.26. The number of hydrogen-bond acceptors (Lipinski definition) is 3. The molecule has 6 nitrogen and oxygen atoms in total. The first-order chi connectivity index (χ1) is 14.5. The molecule has 1 heterocycles. The van der Waals surface area contributed by atoms with Crippen molar-refractivity contribution in [3.05, 3.63) is 64.7 Å². The van der Waals surface area contributed by atoms with Crippen LogP contribution < -0.4 is 11.1 Å². The van der Waals surface area contributed by atoms with Gasteiger partial charge in [0, 0.05) is 24.3 Å². The Bertz CT molecular complexity index is 935. The number of aliphatic imine (C=N–C) groups is 1. The Morgan fingerprint density at radius 1 is 1.10 bits per heavy atom. The van der Waals surface area contributed by atoms with E-state index in [0.29, 0.717) is 31.2 Å². The lowest BCUT2D eigenvalue weighted by molar-refractivity contribution is -0.0586. The maximum atomic E-state index is 12.8. The van der Waals surface area contributed by atoms with Crippen LogP contribution in [0.5, 0.6) is 0 Å². The molecule has 2 aromatic carbocycles. The van der Waals surface area contributed by atoms with Crippen molar-refractivity contribution in [3.63, 3.8) is 0 Å². The lowest BCUT2D eigenvalue weighted by Crippen LogP contribution is -2.48. The number of carbonyl (C=O) groups excluding carboxylic acids is 1. The fourth-order valence-electron chi connectivity index (χ4n) is 4.29. The van der Waals surface area contributed by atoms with Crippen molar-refractivity contribution in [1.82, 2.24) is 4.90 Å². The summed E-state index contributed by atoms with van der Waals surface area (Å²) in [5.74, 6) is 0.439. The minimum Gasteiger partial charge on any atom is -0.372 e. The van der Waals surface area contributed by atoms with Gasteiger partial charge in [-0.3, -0.25) is 4.79 Å². The molecular formula is C24H31IN4O2. The Hall–Kier alpha value is -2.13. The van der Waals surface area contributed by atoms with Gasteiger partial charge in [-0.25, -0.2) is 4.99 Å². The minimum absolute atomic E-state index is 0. The van der Waals surface area contributed by atoms with Crippen LogP contribution in [0, 0.1) is 0 Å². The first-order valence-electron chi connectivity index (χ1n) is 10.7. The molecule has 0 aromatic heterocycles. The van der Waals surface area contributed by atoms with Crippen molar-refractivity contribution >= 4 is 41.5 Å². The summed E-state index contributed by atoms with van der Waals surface area (Å²) >= 11 is 0. The van der Waals surface area contributed by atoms with E-state index in [4.69, 9.17) is 10.5 Å². The molecule has 2 aromatic rings. The molecule has 2 unspecified atom stereocenters. The molecule has 4 rings (SSSR count). The van der Waals surface area contributed by atoms with Crippen LogP contribution in [0.1, 0.15) is 47.3 Å². The zero-order chi connectivity index (χ0) is 21.1. The summed E-state index contributed by atoms with van der Waals surface area (Å²) in [6, 6.07) is 14.0. The van der Waals surface area contributed by atoms with Gasteiger partial charge in [-0.15, -0.1) is 24.0 Å². The van der Waals surface area contributed by atoms with Crippen molar-refractivity contribution in [2.24, 2.45) is 10.7 Å². The van der Waals surface area contributed by atoms with Crippen LogP contribution in [0.4, 0.5) is 5.69 Å². The number of amides is 1. The largest absolute Gasteiger partial charge is 0.372 e. The van der Waals surface area contributed by atoms with Gasteiger partial charge in [0.25, 0.3) is 5.91 Å². The second-order valence-electron chi connectivity index (χ2n) is 8.33. The van der Waals surface area contributed by atoms with Crippen LogP contribution in [0.2, 0.25) is 0 Å². The lowest BCUT2D eigenvalue weighted by atomic mass is 10.1. The van der Waals surface area contributed by atoms with Crippen LogP contribution in [-0.4, -0.2) is 42.1 Å². The smallest absolute Gasteiger partial charge is 0.254 e. The number of guanidine groups is 1. The molecule has 3 N–H and O–H groups in total. The van der Waals surface area contributed by atoms with Gasteiger partial charge in [0.1, 0.15) is 0 Å². The topological polar surface area (TPSA) is 80.0 Å². The van der Waals surface area contributed by atoms with Crippen molar-refractivity contribution < 1.29 is 9.53 Å². The number of ether oxygens (including phenoxy) is 1. The zero-order valence-electron chi connectivity index (χ0n) is 18.1. The molecule has 166 valence electrons. The van der Waals surface area contributed by atoms with Crippen LogP contribution >= 0.6 is 24.0 Å². The number of nitrogens with one attached hydrogen (secondary N) is 1. The SMILES string of the molecule is CC1CN(C(=O)c2ccc(CN=C(N)Nc3ccc4c(c3)CCC4)cc2)CC(C)O1.I. The number of fused-ring (bicyclic) bond motifs is 1. The monoisotopic (exact) mass is 534 g/mol. The molecule has 0 spiro atoms. The molecule has 2 atom stereocenters. The van der Waals surface area contributed by atoms with Gasteiger partial charge >= 0.3 is 0 Å². The van der Waals surface area contributed by atoms with Gasteiger partial charge in [0.05, 0.1) is 18.8 Å². The summed E-state index contributed by atoms with van der Waals surface area (Å²) in [6.07, 6.45) is 3.65. The summed E-state index contributed by atoms with van der Waals surface area (Å²) in [7, 11) is 0. The number of hydrogen-bond donors (Lipinski definition) is 2. The quantitative estimate of drug-likeness (QED) is 0.354. The van der Waals surface area contributed by atoms with E-state index >= 15 is 0 Å². The van der Waals surface area contributed by atoms with Crippen molar-refractivity contribution in [3.8, 4) is 0 Å². The van der Waals surface area contributed by atoms with E-state index in [1.54, 1.807) is 0 Å². The molecule has 1 aliphatic heterocycles. The number of aryl methyl sites for hydroxylation is 2. The second-order valence-corrected chi connectivity index (χ2v) is 8.33. The molecule has 1 amide bonds. The van der Waals surface area contributed by atoms with E-state index in [-0.39, 0.29) is 42.1 Å². The predicted octanol–water partition coefficient (Wildman–Crippen LogP) is 3.97. The van der Waals surface area contributed by atoms with E-state index in [2.05, 4.69) is 28.5 Å². The zero-order valence-corrected chi connectivity index (χ0v) is 20.5.